The van der Waals surface area contributed by atoms with Crippen molar-refractivity contribution in [1.82, 2.24) is 0 Å². The summed E-state index contributed by atoms with van der Waals surface area (Å²) < 4.78 is 23.6. The van der Waals surface area contributed by atoms with Crippen molar-refractivity contribution in [3.05, 3.63) is 68.3 Å². The summed E-state index contributed by atoms with van der Waals surface area (Å²) in [5.41, 5.74) is 1.26. The number of ketones is 2. The molecule has 0 aromatic heterocycles. The monoisotopic (exact) mass is 492 g/mol. The lowest BCUT2D eigenvalue weighted by molar-refractivity contribution is -0.132. The van der Waals surface area contributed by atoms with E-state index in [1.165, 1.54) is 20.3 Å². The molecule has 1 aliphatic carbocycles. The Bertz CT molecular complexity index is 1000. The second-order valence-electron chi connectivity index (χ2n) is 6.26. The van der Waals surface area contributed by atoms with Gasteiger partial charge in [-0.05, 0) is 52.9 Å². The van der Waals surface area contributed by atoms with E-state index in [-0.39, 0.29) is 35.9 Å². The predicted molar refractivity (Wildman–Crippen MR) is 109 cm³/mol. The first-order chi connectivity index (χ1) is 13.5. The molecule has 7 heteroatoms. The molecule has 1 spiro atoms. The van der Waals surface area contributed by atoms with Crippen molar-refractivity contribution >= 4 is 34.2 Å². The summed E-state index contributed by atoms with van der Waals surface area (Å²) in [6, 6.07) is 10.5. The lowest BCUT2D eigenvalue weighted by Gasteiger charge is -2.35. The van der Waals surface area contributed by atoms with Crippen LogP contribution in [-0.2, 0) is 15.3 Å². The van der Waals surface area contributed by atoms with Gasteiger partial charge in [0.15, 0.2) is 11.6 Å². The minimum Gasteiger partial charge on any atom is -0.496 e. The van der Waals surface area contributed by atoms with Crippen LogP contribution in [0.15, 0.2) is 48.0 Å². The molecule has 0 saturated carbocycles. The third-order valence-electron chi connectivity index (χ3n) is 4.83. The maximum Gasteiger partial charge on any atom is 0.231 e. The van der Waals surface area contributed by atoms with Crippen LogP contribution in [0, 0.1) is 3.57 Å². The number of rotatable bonds is 4. The Balaban J connectivity index is 1.98. The van der Waals surface area contributed by atoms with E-state index in [9.17, 15) is 9.59 Å². The number of halogens is 1. The van der Waals surface area contributed by atoms with Crippen LogP contribution in [0.5, 0.6) is 11.5 Å². The normalized spacial score (nSPS) is 17.2. The minimum atomic E-state index is -1.51. The molecule has 1 saturated heterocycles. The smallest absolute Gasteiger partial charge is 0.231 e. The standard InChI is InChI=1S/C21H17IO6/c1-25-16-7-8-17(26-2)19-18(16)15(23)11-13(21(19)27-9-10-28-21)20(24)12-5-3-4-6-14(12)22/h3-8,11H,9-10H2,1-2H3. The van der Waals surface area contributed by atoms with Crippen molar-refractivity contribution in [1.29, 1.82) is 0 Å². The average molecular weight is 492 g/mol. The second-order valence-corrected chi connectivity index (χ2v) is 7.43. The van der Waals surface area contributed by atoms with Gasteiger partial charge < -0.3 is 18.9 Å². The Morgan fingerprint density at radius 2 is 1.68 bits per heavy atom. The lowest BCUT2D eigenvalue weighted by atomic mass is 9.81. The molecule has 0 bridgehead atoms. The van der Waals surface area contributed by atoms with E-state index >= 15 is 0 Å². The SMILES string of the molecule is COc1ccc(OC)c2c1C(=O)C=C(C(=O)c1ccccc1I)C21OCCO1. The fourth-order valence-electron chi connectivity index (χ4n) is 3.63. The highest BCUT2D eigenvalue weighted by atomic mass is 127. The van der Waals surface area contributed by atoms with Gasteiger partial charge in [-0.25, -0.2) is 0 Å². The van der Waals surface area contributed by atoms with E-state index in [1.807, 2.05) is 12.1 Å². The molecule has 4 rings (SSSR count). The zero-order chi connectivity index (χ0) is 19.9. The summed E-state index contributed by atoms with van der Waals surface area (Å²) in [4.78, 5) is 26.5. The second kappa shape index (κ2) is 7.31. The van der Waals surface area contributed by atoms with Crippen LogP contribution in [0.1, 0.15) is 26.3 Å². The molecule has 144 valence electrons. The molecule has 2 aromatic rings. The Labute approximate surface area is 175 Å². The van der Waals surface area contributed by atoms with Crippen LogP contribution in [0.3, 0.4) is 0 Å². The van der Waals surface area contributed by atoms with Gasteiger partial charge in [0.05, 0.1) is 44.1 Å². The number of benzene rings is 2. The molecule has 0 unspecified atom stereocenters. The van der Waals surface area contributed by atoms with Gasteiger partial charge in [-0.1, -0.05) is 12.1 Å². The fourth-order valence-corrected chi connectivity index (χ4v) is 4.26. The highest BCUT2D eigenvalue weighted by molar-refractivity contribution is 14.1. The summed E-state index contributed by atoms with van der Waals surface area (Å²) in [6.07, 6.45) is 1.29. The number of ether oxygens (including phenoxy) is 4. The number of carbonyl (C=O) groups excluding carboxylic acids is 2. The minimum absolute atomic E-state index is 0.137. The summed E-state index contributed by atoms with van der Waals surface area (Å²) >= 11 is 2.09. The van der Waals surface area contributed by atoms with E-state index in [2.05, 4.69) is 22.6 Å². The molecule has 1 fully saturated rings. The lowest BCUT2D eigenvalue weighted by Crippen LogP contribution is -2.39. The van der Waals surface area contributed by atoms with Gasteiger partial charge in [0.25, 0.3) is 0 Å². The summed E-state index contributed by atoms with van der Waals surface area (Å²) in [7, 11) is 2.98. The first-order valence-corrected chi connectivity index (χ1v) is 9.70. The van der Waals surface area contributed by atoms with Crippen molar-refractivity contribution in [2.45, 2.75) is 5.79 Å². The van der Waals surface area contributed by atoms with E-state index < -0.39 is 5.79 Å². The van der Waals surface area contributed by atoms with Gasteiger partial charge >= 0.3 is 0 Å². The molecular weight excluding hydrogens is 475 g/mol. The number of Topliss-reactive ketones (excluding diaryl/α,β-unsaturated/α-hetero) is 1. The van der Waals surface area contributed by atoms with Crippen LogP contribution in [-0.4, -0.2) is 39.0 Å². The van der Waals surface area contributed by atoms with Gasteiger partial charge in [0.1, 0.15) is 11.5 Å². The number of allylic oxidation sites excluding steroid dienone is 1. The quantitative estimate of drug-likeness (QED) is 0.481. The Hall–Kier alpha value is -2.23. The van der Waals surface area contributed by atoms with Crippen LogP contribution in [0.25, 0.3) is 0 Å². The Kier molecular flexibility index (Phi) is 4.98. The third kappa shape index (κ3) is 2.76. The fraction of sp³-hybridized carbons (Fsp3) is 0.238. The van der Waals surface area contributed by atoms with Crippen molar-refractivity contribution < 1.29 is 28.5 Å². The molecule has 1 aliphatic heterocycles. The number of hydrogen-bond donors (Lipinski definition) is 0. The number of methoxy groups -OCH3 is 2. The third-order valence-corrected chi connectivity index (χ3v) is 5.77. The van der Waals surface area contributed by atoms with Gasteiger partial charge in [-0.2, -0.15) is 0 Å². The van der Waals surface area contributed by atoms with Crippen LogP contribution in [0.4, 0.5) is 0 Å². The van der Waals surface area contributed by atoms with Crippen molar-refractivity contribution in [3.8, 4) is 11.5 Å². The molecule has 28 heavy (non-hydrogen) atoms. The Morgan fingerprint density at radius 1 is 1.04 bits per heavy atom. The summed E-state index contributed by atoms with van der Waals surface area (Å²) in [5.74, 6) is -1.43. The first kappa shape index (κ1) is 19.1. The van der Waals surface area contributed by atoms with Gasteiger partial charge in [-0.15, -0.1) is 0 Å². The number of carbonyl (C=O) groups is 2. The maximum atomic E-state index is 13.4. The van der Waals surface area contributed by atoms with E-state index in [1.54, 1.807) is 24.3 Å². The average Bonchev–Trinajstić information content (AvgIpc) is 3.19. The molecule has 0 radical (unpaired) electrons. The summed E-state index contributed by atoms with van der Waals surface area (Å²) in [5, 5.41) is 0. The number of fused-ring (bicyclic) bond motifs is 2. The molecule has 6 nitrogen and oxygen atoms in total. The highest BCUT2D eigenvalue weighted by Gasteiger charge is 2.53. The summed E-state index contributed by atoms with van der Waals surface area (Å²) in [6.45, 7) is 0.564. The highest BCUT2D eigenvalue weighted by Crippen LogP contribution is 2.50. The molecule has 0 atom stereocenters. The zero-order valence-corrected chi connectivity index (χ0v) is 17.4. The molecule has 1 heterocycles. The molecular formula is C21H17IO6. The van der Waals surface area contributed by atoms with Gasteiger partial charge in [0, 0.05) is 9.13 Å². The first-order valence-electron chi connectivity index (χ1n) is 8.62. The van der Waals surface area contributed by atoms with Crippen LogP contribution < -0.4 is 9.47 Å². The molecule has 2 aliphatic rings. The number of hydrogen-bond acceptors (Lipinski definition) is 6. The van der Waals surface area contributed by atoms with Crippen LogP contribution >= 0.6 is 22.6 Å². The van der Waals surface area contributed by atoms with Gasteiger partial charge in [0.2, 0.25) is 5.79 Å². The van der Waals surface area contributed by atoms with Gasteiger partial charge in [-0.3, -0.25) is 9.59 Å². The van der Waals surface area contributed by atoms with E-state index in [4.69, 9.17) is 18.9 Å². The molecule has 2 aromatic carbocycles. The van der Waals surface area contributed by atoms with Crippen molar-refractivity contribution in [2.24, 2.45) is 0 Å². The van der Waals surface area contributed by atoms with Crippen molar-refractivity contribution in [3.63, 3.8) is 0 Å². The van der Waals surface area contributed by atoms with E-state index in [0.29, 0.717) is 22.6 Å². The molecule has 0 N–H and O–H groups in total. The maximum absolute atomic E-state index is 13.4. The van der Waals surface area contributed by atoms with E-state index in [0.717, 1.165) is 3.57 Å². The topological polar surface area (TPSA) is 71.1 Å². The Morgan fingerprint density at radius 3 is 2.32 bits per heavy atom. The van der Waals surface area contributed by atoms with Crippen LogP contribution in [0.2, 0.25) is 0 Å². The van der Waals surface area contributed by atoms with Crippen molar-refractivity contribution in [2.75, 3.05) is 27.4 Å². The zero-order valence-electron chi connectivity index (χ0n) is 15.3. The molecule has 0 amide bonds. The predicted octanol–water partition coefficient (Wildman–Crippen LogP) is 3.51. The largest absolute Gasteiger partial charge is 0.496 e.